The fourth-order valence-electron chi connectivity index (χ4n) is 7.23. The lowest BCUT2D eigenvalue weighted by molar-refractivity contribution is 0.0697. The van der Waals surface area contributed by atoms with E-state index in [0.717, 1.165) is 51.4 Å². The van der Waals surface area contributed by atoms with Crippen molar-refractivity contribution < 1.29 is 14.6 Å². The number of carbonyl (C=O) groups is 1. The number of carboxylic acids is 1. The molecule has 0 amide bonds. The predicted octanol–water partition coefficient (Wildman–Crippen LogP) is 6.23. The predicted molar refractivity (Wildman–Crippen MR) is 153 cm³/mol. The van der Waals surface area contributed by atoms with Gasteiger partial charge in [0.1, 0.15) is 0 Å². The summed E-state index contributed by atoms with van der Waals surface area (Å²) < 4.78 is 7.84. The van der Waals surface area contributed by atoms with Gasteiger partial charge in [-0.1, -0.05) is 43.5 Å². The largest absolute Gasteiger partial charge is 0.478 e. The van der Waals surface area contributed by atoms with Crippen LogP contribution in [0.1, 0.15) is 66.8 Å². The summed E-state index contributed by atoms with van der Waals surface area (Å²) in [5, 5.41) is 11.0. The van der Waals surface area contributed by atoms with E-state index in [2.05, 4.69) is 44.7 Å². The lowest BCUT2D eigenvalue weighted by Crippen LogP contribution is -2.41. The minimum absolute atomic E-state index is 0.374. The molecule has 2 fully saturated rings. The number of carboxylic acid groups (broad SMARTS) is 1. The third kappa shape index (κ3) is 4.85. The van der Waals surface area contributed by atoms with E-state index in [1.165, 1.54) is 72.8 Å². The summed E-state index contributed by atoms with van der Waals surface area (Å²) in [5.74, 6) is 0.376. The van der Waals surface area contributed by atoms with Gasteiger partial charge in [-0.2, -0.15) is 0 Å². The van der Waals surface area contributed by atoms with Crippen molar-refractivity contribution in [3.05, 3.63) is 53.6 Å². The Hall–Kier alpha value is -2.83. The van der Waals surface area contributed by atoms with Crippen molar-refractivity contribution in [2.45, 2.75) is 57.4 Å². The molecule has 202 valence electrons. The highest BCUT2D eigenvalue weighted by Crippen LogP contribution is 2.47. The zero-order valence-corrected chi connectivity index (χ0v) is 22.7. The lowest BCUT2D eigenvalue weighted by Gasteiger charge is -2.34. The molecule has 0 bridgehead atoms. The van der Waals surface area contributed by atoms with Crippen molar-refractivity contribution in [2.24, 2.45) is 5.92 Å². The number of piperidine rings is 1. The highest BCUT2D eigenvalue weighted by molar-refractivity contribution is 5.99. The van der Waals surface area contributed by atoms with Gasteiger partial charge in [0, 0.05) is 62.0 Å². The molecule has 1 aromatic heterocycles. The molecule has 6 rings (SSSR count). The molecule has 0 radical (unpaired) electrons. The first kappa shape index (κ1) is 25.4. The first-order chi connectivity index (χ1) is 18.6. The van der Waals surface area contributed by atoms with E-state index in [0.29, 0.717) is 17.4 Å². The maximum Gasteiger partial charge on any atom is 0.335 e. The average Bonchev–Trinajstić information content (AvgIpc) is 3.18. The molecule has 3 heterocycles. The van der Waals surface area contributed by atoms with Gasteiger partial charge < -0.3 is 24.2 Å². The molecule has 6 heteroatoms. The summed E-state index contributed by atoms with van der Waals surface area (Å²) in [6.45, 7) is 7.06. The summed E-state index contributed by atoms with van der Waals surface area (Å²) in [4.78, 5) is 17.1. The Labute approximate surface area is 226 Å². The van der Waals surface area contributed by atoms with Gasteiger partial charge in [0.05, 0.1) is 11.3 Å². The minimum atomic E-state index is -0.855. The molecule has 1 saturated heterocycles. The van der Waals surface area contributed by atoms with Crippen molar-refractivity contribution >= 4 is 22.6 Å². The molecule has 2 aromatic carbocycles. The molecular weight excluding hydrogens is 474 g/mol. The van der Waals surface area contributed by atoms with Gasteiger partial charge in [-0.3, -0.25) is 0 Å². The minimum Gasteiger partial charge on any atom is -0.478 e. The Morgan fingerprint density at radius 1 is 0.947 bits per heavy atom. The highest BCUT2D eigenvalue weighted by atomic mass is 16.5. The van der Waals surface area contributed by atoms with Gasteiger partial charge in [0.2, 0.25) is 0 Å². The number of para-hydroxylation sites is 1. The highest BCUT2D eigenvalue weighted by Gasteiger charge is 2.31. The first-order valence-electron chi connectivity index (χ1n) is 14.6. The molecule has 38 heavy (non-hydrogen) atoms. The monoisotopic (exact) mass is 515 g/mol. The van der Waals surface area contributed by atoms with Gasteiger partial charge in [-0.25, -0.2) is 4.79 Å². The number of rotatable bonds is 7. The van der Waals surface area contributed by atoms with Gasteiger partial charge >= 0.3 is 5.97 Å². The zero-order chi connectivity index (χ0) is 26.1. The topological polar surface area (TPSA) is 57.9 Å². The molecule has 3 aliphatic rings. The first-order valence-corrected chi connectivity index (χ1v) is 14.6. The van der Waals surface area contributed by atoms with E-state index in [1.807, 2.05) is 13.2 Å². The number of ether oxygens (including phenoxy) is 1. The second kappa shape index (κ2) is 11.1. The number of likely N-dealkylation sites (tertiary alicyclic amines) is 1. The smallest absolute Gasteiger partial charge is 0.335 e. The number of benzene rings is 2. The van der Waals surface area contributed by atoms with Crippen LogP contribution in [0.5, 0.6) is 0 Å². The van der Waals surface area contributed by atoms with Crippen LogP contribution in [-0.2, 0) is 11.3 Å². The van der Waals surface area contributed by atoms with Gasteiger partial charge in [-0.15, -0.1) is 0 Å². The number of hydrogen-bond donors (Lipinski definition) is 1. The molecule has 6 nitrogen and oxygen atoms in total. The summed E-state index contributed by atoms with van der Waals surface area (Å²) in [5.41, 5.74) is 6.85. The van der Waals surface area contributed by atoms with Crippen molar-refractivity contribution in [3.63, 3.8) is 0 Å². The molecule has 1 aliphatic carbocycles. The number of aromatic carboxylic acids is 1. The Bertz CT molecular complexity index is 1280. The quantitative estimate of drug-likeness (QED) is 0.404. The van der Waals surface area contributed by atoms with E-state index < -0.39 is 5.97 Å². The number of aromatic nitrogens is 1. The van der Waals surface area contributed by atoms with E-state index >= 15 is 0 Å². The van der Waals surface area contributed by atoms with Crippen molar-refractivity contribution in [2.75, 3.05) is 51.3 Å². The van der Waals surface area contributed by atoms with Crippen LogP contribution >= 0.6 is 0 Å². The standard InChI is InChI=1S/C32H41N3O3/c1-38-22-23-13-15-33(16-14-23)17-18-34-19-20-35-29-21-25(32(36)37)11-12-26(29)30(24-7-3-2-4-8-24)31(35)27-9-5-6-10-28(27)34/h5-6,9-12,21,23-24H,2-4,7-8,13-20,22H2,1H3,(H,36,37). The fourth-order valence-corrected chi connectivity index (χ4v) is 7.23. The van der Waals surface area contributed by atoms with Gasteiger partial charge in [-0.05, 0) is 74.4 Å². The lowest BCUT2D eigenvalue weighted by atomic mass is 9.81. The summed E-state index contributed by atoms with van der Waals surface area (Å²) >= 11 is 0. The van der Waals surface area contributed by atoms with E-state index in [9.17, 15) is 9.90 Å². The average molecular weight is 516 g/mol. The number of anilines is 1. The third-order valence-corrected chi connectivity index (χ3v) is 9.25. The van der Waals surface area contributed by atoms with Crippen LogP contribution in [0.25, 0.3) is 22.2 Å². The molecular formula is C32H41N3O3. The van der Waals surface area contributed by atoms with Crippen LogP contribution in [-0.4, -0.2) is 67.0 Å². The van der Waals surface area contributed by atoms with E-state index in [4.69, 9.17) is 4.74 Å². The number of nitrogens with zero attached hydrogens (tertiary/aromatic N) is 3. The second-order valence-corrected chi connectivity index (χ2v) is 11.5. The van der Waals surface area contributed by atoms with Crippen LogP contribution in [0, 0.1) is 5.92 Å². The SMILES string of the molecule is COCC1CCN(CCN2CCn3c(c(C4CCCCC4)c4ccc(C(=O)O)cc43)-c3ccccc32)CC1. The second-order valence-electron chi connectivity index (χ2n) is 11.5. The Morgan fingerprint density at radius 3 is 2.50 bits per heavy atom. The van der Waals surface area contributed by atoms with Crippen LogP contribution in [0.3, 0.4) is 0 Å². The maximum absolute atomic E-state index is 11.9. The molecule has 0 atom stereocenters. The number of hydrogen-bond acceptors (Lipinski definition) is 4. The Kier molecular flexibility index (Phi) is 7.44. The van der Waals surface area contributed by atoms with Crippen molar-refractivity contribution in [3.8, 4) is 11.3 Å². The van der Waals surface area contributed by atoms with Crippen LogP contribution in [0.15, 0.2) is 42.5 Å². The van der Waals surface area contributed by atoms with E-state index in [-0.39, 0.29) is 0 Å². The molecule has 1 N–H and O–H groups in total. The number of methoxy groups -OCH3 is 1. The van der Waals surface area contributed by atoms with Gasteiger partial charge in [0.15, 0.2) is 0 Å². The van der Waals surface area contributed by atoms with Crippen LogP contribution in [0.2, 0.25) is 0 Å². The van der Waals surface area contributed by atoms with Gasteiger partial charge in [0.25, 0.3) is 0 Å². The summed E-state index contributed by atoms with van der Waals surface area (Å²) in [6, 6.07) is 14.7. The third-order valence-electron chi connectivity index (χ3n) is 9.25. The molecule has 0 unspecified atom stereocenters. The molecule has 2 aliphatic heterocycles. The Balaban J connectivity index is 1.35. The van der Waals surface area contributed by atoms with Crippen LogP contribution in [0.4, 0.5) is 5.69 Å². The zero-order valence-electron chi connectivity index (χ0n) is 22.7. The van der Waals surface area contributed by atoms with E-state index in [1.54, 1.807) is 6.07 Å². The molecule has 0 spiro atoms. The fraction of sp³-hybridized carbons (Fsp3) is 0.531. The maximum atomic E-state index is 11.9. The molecule has 3 aromatic rings. The molecule has 1 saturated carbocycles. The van der Waals surface area contributed by atoms with Crippen molar-refractivity contribution in [1.82, 2.24) is 9.47 Å². The van der Waals surface area contributed by atoms with Crippen LogP contribution < -0.4 is 4.90 Å². The van der Waals surface area contributed by atoms with Crippen molar-refractivity contribution in [1.29, 1.82) is 0 Å². The number of fused-ring (bicyclic) bond motifs is 5. The Morgan fingerprint density at radius 2 is 1.74 bits per heavy atom. The summed E-state index contributed by atoms with van der Waals surface area (Å²) in [6.07, 6.45) is 8.75. The normalized spacial score (nSPS) is 19.3. The summed E-state index contributed by atoms with van der Waals surface area (Å²) in [7, 11) is 1.81.